The average molecular weight is 517 g/mol. The van der Waals surface area contributed by atoms with Gasteiger partial charge < -0.3 is 15.0 Å². The molecule has 1 N–H and O–H groups in total. The second kappa shape index (κ2) is 11.2. The van der Waals surface area contributed by atoms with Crippen molar-refractivity contribution in [1.82, 2.24) is 15.1 Å². The Hall–Kier alpha value is -2.78. The second-order valence-corrected chi connectivity index (χ2v) is 9.09. The molecule has 0 bridgehead atoms. The summed E-state index contributed by atoms with van der Waals surface area (Å²) < 4.78 is 6.14. The highest BCUT2D eigenvalue weighted by Crippen LogP contribution is 2.27. The molecule has 0 saturated heterocycles. The summed E-state index contributed by atoms with van der Waals surface area (Å²) in [6.07, 6.45) is 0.954. The lowest BCUT2D eigenvalue weighted by Crippen LogP contribution is -2.40. The molecule has 9 heteroatoms. The van der Waals surface area contributed by atoms with E-state index in [1.807, 2.05) is 38.1 Å². The van der Waals surface area contributed by atoms with E-state index in [1.54, 1.807) is 36.3 Å². The molecule has 32 heavy (non-hydrogen) atoms. The van der Waals surface area contributed by atoms with E-state index in [4.69, 9.17) is 4.74 Å². The largest absolute Gasteiger partial charge is 0.497 e. The van der Waals surface area contributed by atoms with Crippen molar-refractivity contribution in [2.75, 3.05) is 19.0 Å². The highest BCUT2D eigenvalue weighted by molar-refractivity contribution is 9.10. The number of ether oxygens (including phenoxy) is 1. The molecule has 0 aliphatic rings. The molecule has 1 unspecified atom stereocenters. The molecule has 2 aromatic carbocycles. The fourth-order valence-electron chi connectivity index (χ4n) is 3.03. The molecule has 7 nitrogen and oxygen atoms in total. The van der Waals surface area contributed by atoms with E-state index in [2.05, 4.69) is 31.4 Å². The summed E-state index contributed by atoms with van der Waals surface area (Å²) in [5, 5.41) is 12.2. The first-order valence-corrected chi connectivity index (χ1v) is 11.9. The number of anilines is 1. The highest BCUT2D eigenvalue weighted by Gasteiger charge is 2.22. The van der Waals surface area contributed by atoms with E-state index in [1.165, 1.54) is 11.3 Å². The van der Waals surface area contributed by atoms with E-state index in [-0.39, 0.29) is 24.3 Å². The van der Waals surface area contributed by atoms with Crippen molar-refractivity contribution in [3.63, 3.8) is 0 Å². The predicted molar refractivity (Wildman–Crippen MR) is 130 cm³/mol. The summed E-state index contributed by atoms with van der Waals surface area (Å²) in [6.45, 7) is 4.31. The van der Waals surface area contributed by atoms with Gasteiger partial charge in [0.05, 0.1) is 7.11 Å². The minimum absolute atomic E-state index is 0.00272. The maximum atomic E-state index is 13.0. The number of halogens is 1. The third-order valence-electron chi connectivity index (χ3n) is 5.06. The third kappa shape index (κ3) is 6.14. The van der Waals surface area contributed by atoms with Crippen molar-refractivity contribution < 1.29 is 14.3 Å². The lowest BCUT2D eigenvalue weighted by Gasteiger charge is -2.28. The molecule has 0 radical (unpaired) electrons. The first-order chi connectivity index (χ1) is 15.4. The SMILES string of the molecule is CCC(C)N(CCC(=O)Nc1nnc(-c2ccc(Br)cc2)s1)C(=O)c1ccc(OC)cc1. The third-order valence-corrected chi connectivity index (χ3v) is 6.48. The van der Waals surface area contributed by atoms with Gasteiger partial charge in [-0.1, -0.05) is 46.3 Å². The highest BCUT2D eigenvalue weighted by atomic mass is 79.9. The van der Waals surface area contributed by atoms with Gasteiger partial charge in [0.25, 0.3) is 5.91 Å². The smallest absolute Gasteiger partial charge is 0.254 e. The summed E-state index contributed by atoms with van der Waals surface area (Å²) in [5.74, 6) is 0.373. The van der Waals surface area contributed by atoms with Gasteiger partial charge in [-0.25, -0.2) is 0 Å². The van der Waals surface area contributed by atoms with Crippen LogP contribution < -0.4 is 10.1 Å². The molecule has 0 aliphatic heterocycles. The fourth-order valence-corrected chi connectivity index (χ4v) is 4.06. The van der Waals surface area contributed by atoms with Crippen molar-refractivity contribution in [3.05, 3.63) is 58.6 Å². The zero-order valence-electron chi connectivity index (χ0n) is 18.2. The molecular weight excluding hydrogens is 492 g/mol. The Morgan fingerprint density at radius 1 is 1.12 bits per heavy atom. The maximum Gasteiger partial charge on any atom is 0.254 e. The summed E-state index contributed by atoms with van der Waals surface area (Å²) in [6, 6.07) is 14.7. The van der Waals surface area contributed by atoms with Crippen molar-refractivity contribution in [3.8, 4) is 16.3 Å². The molecule has 1 heterocycles. The van der Waals surface area contributed by atoms with E-state index in [9.17, 15) is 9.59 Å². The summed E-state index contributed by atoms with van der Waals surface area (Å²) >= 11 is 4.72. The first kappa shape index (κ1) is 23.9. The topological polar surface area (TPSA) is 84.4 Å². The van der Waals surface area contributed by atoms with Crippen molar-refractivity contribution in [1.29, 1.82) is 0 Å². The monoisotopic (exact) mass is 516 g/mol. The van der Waals surface area contributed by atoms with Crippen LogP contribution in [0, 0.1) is 0 Å². The van der Waals surface area contributed by atoms with E-state index >= 15 is 0 Å². The number of nitrogens with one attached hydrogen (secondary N) is 1. The van der Waals surface area contributed by atoms with Crippen LogP contribution in [0.3, 0.4) is 0 Å². The number of nitrogens with zero attached hydrogens (tertiary/aromatic N) is 3. The number of rotatable bonds is 9. The number of carbonyl (C=O) groups is 2. The van der Waals surface area contributed by atoms with Crippen LogP contribution in [0.4, 0.5) is 5.13 Å². The van der Waals surface area contributed by atoms with Gasteiger partial charge in [0.15, 0.2) is 0 Å². The zero-order chi connectivity index (χ0) is 23.1. The van der Waals surface area contributed by atoms with Gasteiger partial charge in [-0.05, 0) is 49.7 Å². The molecule has 0 fully saturated rings. The molecule has 168 valence electrons. The standard InChI is InChI=1S/C23H25BrN4O3S/c1-4-15(2)28(22(30)17-7-11-19(31-3)12-8-17)14-13-20(29)25-23-27-26-21(32-23)16-5-9-18(24)10-6-16/h5-12,15H,4,13-14H2,1-3H3,(H,25,27,29). The molecule has 0 saturated carbocycles. The maximum absolute atomic E-state index is 13.0. The molecule has 3 rings (SSSR count). The van der Waals surface area contributed by atoms with Crippen LogP contribution in [-0.2, 0) is 4.79 Å². The van der Waals surface area contributed by atoms with Crippen LogP contribution in [0.5, 0.6) is 5.75 Å². The molecule has 0 spiro atoms. The van der Waals surface area contributed by atoms with E-state index < -0.39 is 0 Å². The number of hydrogen-bond donors (Lipinski definition) is 1. The van der Waals surface area contributed by atoms with Gasteiger partial charge in [0.1, 0.15) is 10.8 Å². The van der Waals surface area contributed by atoms with Crippen molar-refractivity contribution >= 4 is 44.2 Å². The quantitative estimate of drug-likeness (QED) is 0.420. The Bertz CT molecular complexity index is 1050. The molecule has 3 aromatic rings. The Balaban J connectivity index is 1.61. The van der Waals surface area contributed by atoms with Crippen LogP contribution in [0.1, 0.15) is 37.0 Å². The Labute approximate surface area is 199 Å². The van der Waals surface area contributed by atoms with Crippen molar-refractivity contribution in [2.24, 2.45) is 0 Å². The number of aromatic nitrogens is 2. The summed E-state index contributed by atoms with van der Waals surface area (Å²) in [5.41, 5.74) is 1.49. The average Bonchev–Trinajstić information content (AvgIpc) is 3.27. The number of hydrogen-bond acceptors (Lipinski definition) is 6. The van der Waals surface area contributed by atoms with Crippen LogP contribution >= 0.6 is 27.3 Å². The molecule has 1 atom stereocenters. The fraction of sp³-hybridized carbons (Fsp3) is 0.304. The van der Waals surface area contributed by atoms with Gasteiger partial charge in [-0.3, -0.25) is 9.59 Å². The van der Waals surface area contributed by atoms with Gasteiger partial charge in [0, 0.05) is 34.6 Å². The molecule has 1 aromatic heterocycles. The number of amides is 2. The van der Waals surface area contributed by atoms with E-state index in [0.29, 0.717) is 23.0 Å². The van der Waals surface area contributed by atoms with Gasteiger partial charge in [0.2, 0.25) is 11.0 Å². The second-order valence-electron chi connectivity index (χ2n) is 7.20. The summed E-state index contributed by atoms with van der Waals surface area (Å²) in [4.78, 5) is 27.3. The van der Waals surface area contributed by atoms with Gasteiger partial charge >= 0.3 is 0 Å². The number of carbonyl (C=O) groups excluding carboxylic acids is 2. The van der Waals surface area contributed by atoms with Crippen LogP contribution in [0.2, 0.25) is 0 Å². The Kier molecular flexibility index (Phi) is 8.35. The zero-order valence-corrected chi connectivity index (χ0v) is 20.6. The van der Waals surface area contributed by atoms with Gasteiger partial charge in [-0.15, -0.1) is 10.2 Å². The minimum atomic E-state index is -0.209. The lowest BCUT2D eigenvalue weighted by atomic mass is 10.1. The number of benzene rings is 2. The lowest BCUT2D eigenvalue weighted by molar-refractivity contribution is -0.116. The Morgan fingerprint density at radius 2 is 1.81 bits per heavy atom. The van der Waals surface area contributed by atoms with Crippen LogP contribution in [0.15, 0.2) is 53.0 Å². The van der Waals surface area contributed by atoms with E-state index in [0.717, 1.165) is 21.5 Å². The molecular formula is C23H25BrN4O3S. The Morgan fingerprint density at radius 3 is 2.44 bits per heavy atom. The number of methoxy groups -OCH3 is 1. The first-order valence-electron chi connectivity index (χ1n) is 10.3. The molecule has 0 aliphatic carbocycles. The normalized spacial score (nSPS) is 11.6. The van der Waals surface area contributed by atoms with Gasteiger partial charge in [-0.2, -0.15) is 0 Å². The van der Waals surface area contributed by atoms with Crippen molar-refractivity contribution in [2.45, 2.75) is 32.7 Å². The summed E-state index contributed by atoms with van der Waals surface area (Å²) in [7, 11) is 1.58. The minimum Gasteiger partial charge on any atom is -0.497 e. The van der Waals surface area contributed by atoms with Crippen LogP contribution in [0.25, 0.3) is 10.6 Å². The van der Waals surface area contributed by atoms with Crippen LogP contribution in [-0.4, -0.2) is 46.6 Å². The predicted octanol–water partition coefficient (Wildman–Crippen LogP) is 5.25. The molecule has 2 amide bonds.